The van der Waals surface area contributed by atoms with Gasteiger partial charge in [0.15, 0.2) is 0 Å². The van der Waals surface area contributed by atoms with E-state index in [2.05, 4.69) is 4.98 Å². The van der Waals surface area contributed by atoms with Crippen molar-refractivity contribution in [3.05, 3.63) is 34.8 Å². The van der Waals surface area contributed by atoms with E-state index in [0.717, 1.165) is 17.7 Å². The number of aromatic nitrogens is 1. The number of hydrogen-bond donors (Lipinski definition) is 1. The van der Waals surface area contributed by atoms with Gasteiger partial charge in [0.2, 0.25) is 10.0 Å². The van der Waals surface area contributed by atoms with Crippen LogP contribution in [0.5, 0.6) is 0 Å². The van der Waals surface area contributed by atoms with E-state index in [4.69, 9.17) is 0 Å². The molecule has 0 aliphatic carbocycles. The molecule has 1 saturated heterocycles. The number of aromatic carboxylic acids is 1. The van der Waals surface area contributed by atoms with Gasteiger partial charge in [0.25, 0.3) is 0 Å². The van der Waals surface area contributed by atoms with E-state index in [1.54, 1.807) is 6.20 Å². The van der Waals surface area contributed by atoms with Gasteiger partial charge in [0, 0.05) is 29.7 Å². The van der Waals surface area contributed by atoms with Crippen molar-refractivity contribution in [3.63, 3.8) is 0 Å². The van der Waals surface area contributed by atoms with Gasteiger partial charge in [-0.25, -0.2) is 18.2 Å². The summed E-state index contributed by atoms with van der Waals surface area (Å²) in [5, 5.41) is 9.91. The fourth-order valence-corrected chi connectivity index (χ4v) is 4.90. The van der Waals surface area contributed by atoms with Crippen molar-refractivity contribution in [2.45, 2.75) is 24.7 Å². The van der Waals surface area contributed by atoms with Crippen molar-refractivity contribution in [3.8, 4) is 10.6 Å². The third kappa shape index (κ3) is 3.15. The van der Waals surface area contributed by atoms with Crippen molar-refractivity contribution >= 4 is 27.3 Å². The maximum atomic E-state index is 12.7. The molecule has 2 heterocycles. The van der Waals surface area contributed by atoms with Crippen LogP contribution < -0.4 is 0 Å². The molecular weight excluding hydrogens is 336 g/mol. The second-order valence-electron chi connectivity index (χ2n) is 5.44. The van der Waals surface area contributed by atoms with E-state index in [9.17, 15) is 18.3 Å². The molecule has 122 valence electrons. The molecular formula is C15H16N2O4S2. The van der Waals surface area contributed by atoms with Gasteiger partial charge in [-0.05, 0) is 38.0 Å². The molecule has 1 aliphatic rings. The Hall–Kier alpha value is -1.77. The average molecular weight is 352 g/mol. The van der Waals surface area contributed by atoms with Crippen molar-refractivity contribution in [2.75, 3.05) is 13.1 Å². The molecule has 2 aromatic rings. The SMILES string of the molecule is Cc1cnc(-c2cc(C(=O)O)cc(S(=O)(=O)N3CCCC3)c2)s1. The topological polar surface area (TPSA) is 87.6 Å². The first-order valence-electron chi connectivity index (χ1n) is 7.19. The maximum absolute atomic E-state index is 12.7. The van der Waals surface area contributed by atoms with Crippen molar-refractivity contribution in [2.24, 2.45) is 0 Å². The zero-order valence-electron chi connectivity index (χ0n) is 12.5. The highest BCUT2D eigenvalue weighted by Gasteiger charge is 2.28. The van der Waals surface area contributed by atoms with Crippen LogP contribution in [0.4, 0.5) is 0 Å². The van der Waals surface area contributed by atoms with E-state index in [-0.39, 0.29) is 10.5 Å². The molecule has 0 atom stereocenters. The van der Waals surface area contributed by atoms with Crippen LogP contribution >= 0.6 is 11.3 Å². The monoisotopic (exact) mass is 352 g/mol. The van der Waals surface area contributed by atoms with Crippen LogP contribution in [0, 0.1) is 6.92 Å². The molecule has 0 unspecified atom stereocenters. The second-order valence-corrected chi connectivity index (χ2v) is 8.61. The van der Waals surface area contributed by atoms with Gasteiger partial charge in [-0.1, -0.05) is 0 Å². The summed E-state index contributed by atoms with van der Waals surface area (Å²) >= 11 is 1.40. The molecule has 0 amide bonds. The lowest BCUT2D eigenvalue weighted by molar-refractivity contribution is 0.0696. The molecule has 0 bridgehead atoms. The third-order valence-electron chi connectivity index (χ3n) is 3.72. The highest BCUT2D eigenvalue weighted by Crippen LogP contribution is 2.30. The van der Waals surface area contributed by atoms with E-state index in [1.165, 1.54) is 33.8 Å². The Balaban J connectivity index is 2.13. The Bertz CT molecular complexity index is 852. The summed E-state index contributed by atoms with van der Waals surface area (Å²) in [6.45, 7) is 2.85. The van der Waals surface area contributed by atoms with Gasteiger partial charge in [0.1, 0.15) is 5.01 Å². The molecule has 0 spiro atoms. The minimum Gasteiger partial charge on any atom is -0.478 e. The Kier molecular flexibility index (Phi) is 4.22. The van der Waals surface area contributed by atoms with E-state index < -0.39 is 16.0 Å². The zero-order valence-corrected chi connectivity index (χ0v) is 14.2. The van der Waals surface area contributed by atoms with Crippen LogP contribution in [0.1, 0.15) is 28.1 Å². The smallest absolute Gasteiger partial charge is 0.335 e. The highest BCUT2D eigenvalue weighted by molar-refractivity contribution is 7.89. The van der Waals surface area contributed by atoms with Crippen LogP contribution in [0.25, 0.3) is 10.6 Å². The van der Waals surface area contributed by atoms with Crippen molar-refractivity contribution in [1.82, 2.24) is 9.29 Å². The average Bonchev–Trinajstić information content (AvgIpc) is 3.18. The number of carboxylic acids is 1. The molecule has 1 fully saturated rings. The van der Waals surface area contributed by atoms with Crippen LogP contribution in [0.3, 0.4) is 0 Å². The number of thiazole rings is 1. The Morgan fingerprint density at radius 1 is 1.26 bits per heavy atom. The molecule has 6 nitrogen and oxygen atoms in total. The van der Waals surface area contributed by atoms with E-state index >= 15 is 0 Å². The summed E-state index contributed by atoms with van der Waals surface area (Å²) in [6, 6.07) is 4.20. The van der Waals surface area contributed by atoms with Gasteiger partial charge < -0.3 is 5.11 Å². The van der Waals surface area contributed by atoms with Gasteiger partial charge in [0.05, 0.1) is 10.5 Å². The summed E-state index contributed by atoms with van der Waals surface area (Å²) in [5.74, 6) is -1.15. The molecule has 8 heteroatoms. The van der Waals surface area contributed by atoms with Crippen molar-refractivity contribution in [1.29, 1.82) is 0 Å². The van der Waals surface area contributed by atoms with E-state index in [1.807, 2.05) is 6.92 Å². The second kappa shape index (κ2) is 6.03. The van der Waals surface area contributed by atoms with Crippen molar-refractivity contribution < 1.29 is 18.3 Å². The number of rotatable bonds is 4. The zero-order chi connectivity index (χ0) is 16.6. The first kappa shape index (κ1) is 16.1. The van der Waals surface area contributed by atoms with Gasteiger partial charge in [-0.15, -0.1) is 11.3 Å². The number of hydrogen-bond acceptors (Lipinski definition) is 5. The van der Waals surface area contributed by atoms with Gasteiger partial charge in [-0.2, -0.15) is 4.31 Å². The quantitative estimate of drug-likeness (QED) is 0.914. The first-order valence-corrected chi connectivity index (χ1v) is 9.45. The molecule has 1 N–H and O–H groups in total. The van der Waals surface area contributed by atoms with E-state index in [0.29, 0.717) is 23.7 Å². The molecule has 1 aromatic carbocycles. The number of benzene rings is 1. The lowest BCUT2D eigenvalue weighted by Crippen LogP contribution is -2.28. The number of carboxylic acid groups (broad SMARTS) is 1. The summed E-state index contributed by atoms with van der Waals surface area (Å²) in [5.41, 5.74) is 0.467. The lowest BCUT2D eigenvalue weighted by Gasteiger charge is -2.16. The Labute approximate surface area is 138 Å². The fraction of sp³-hybridized carbons (Fsp3) is 0.333. The summed E-state index contributed by atoms with van der Waals surface area (Å²) in [7, 11) is -3.67. The normalized spacial score (nSPS) is 15.9. The number of nitrogens with zero attached hydrogens (tertiary/aromatic N) is 2. The molecule has 0 radical (unpaired) electrons. The minimum atomic E-state index is -3.67. The third-order valence-corrected chi connectivity index (χ3v) is 6.56. The molecule has 3 rings (SSSR count). The largest absolute Gasteiger partial charge is 0.478 e. The molecule has 1 aliphatic heterocycles. The van der Waals surface area contributed by atoms with Crippen LogP contribution in [-0.4, -0.2) is 41.9 Å². The predicted molar refractivity (Wildman–Crippen MR) is 87.2 cm³/mol. The summed E-state index contributed by atoms with van der Waals surface area (Å²) in [4.78, 5) is 16.6. The van der Waals surface area contributed by atoms with Crippen LogP contribution in [0.2, 0.25) is 0 Å². The Morgan fingerprint density at radius 3 is 2.52 bits per heavy atom. The molecule has 0 saturated carbocycles. The molecule has 23 heavy (non-hydrogen) atoms. The maximum Gasteiger partial charge on any atom is 0.335 e. The lowest BCUT2D eigenvalue weighted by atomic mass is 10.1. The standard InChI is InChI=1S/C15H16N2O4S2/c1-10-9-16-14(22-10)11-6-12(15(18)19)8-13(7-11)23(20,21)17-4-2-3-5-17/h6-9H,2-5H2,1H3,(H,18,19). The summed E-state index contributed by atoms with van der Waals surface area (Å²) < 4.78 is 26.8. The minimum absolute atomic E-state index is 0.0159. The predicted octanol–water partition coefficient (Wildman–Crippen LogP) is 2.60. The molecule has 1 aromatic heterocycles. The summed E-state index contributed by atoms with van der Waals surface area (Å²) in [6.07, 6.45) is 3.34. The first-order chi connectivity index (χ1) is 10.9. The number of aryl methyl sites for hydroxylation is 1. The van der Waals surface area contributed by atoms with Crippen LogP contribution in [0.15, 0.2) is 29.3 Å². The van der Waals surface area contributed by atoms with Gasteiger partial charge in [-0.3, -0.25) is 0 Å². The number of carbonyl (C=O) groups is 1. The fourth-order valence-electron chi connectivity index (χ4n) is 2.56. The van der Waals surface area contributed by atoms with Gasteiger partial charge >= 0.3 is 5.97 Å². The highest BCUT2D eigenvalue weighted by atomic mass is 32.2. The Morgan fingerprint density at radius 2 is 1.96 bits per heavy atom. The number of sulfonamides is 1. The van der Waals surface area contributed by atoms with Crippen LogP contribution in [-0.2, 0) is 10.0 Å².